The second-order valence-corrected chi connectivity index (χ2v) is 4.74. The smallest absolute Gasteiger partial charge is 0.243 e. The van der Waals surface area contributed by atoms with Crippen molar-refractivity contribution in [3.8, 4) is 5.75 Å². The van der Waals surface area contributed by atoms with Gasteiger partial charge in [0.2, 0.25) is 11.8 Å². The maximum absolute atomic E-state index is 11.8. The van der Waals surface area contributed by atoms with Crippen LogP contribution in [0.5, 0.6) is 5.75 Å². The lowest BCUT2D eigenvalue weighted by molar-refractivity contribution is -0.125. The van der Waals surface area contributed by atoms with E-state index in [0.717, 1.165) is 0 Å². The third-order valence-corrected chi connectivity index (χ3v) is 2.83. The first kappa shape index (κ1) is 16.0. The van der Waals surface area contributed by atoms with Crippen LogP contribution in [0.4, 0.5) is 5.69 Å². The van der Waals surface area contributed by atoms with Gasteiger partial charge in [0, 0.05) is 0 Å². The molecule has 0 saturated carbocycles. The Bertz CT molecular complexity index is 474. The van der Waals surface area contributed by atoms with Crippen molar-refractivity contribution in [3.63, 3.8) is 0 Å². The molecule has 2 amide bonds. The van der Waals surface area contributed by atoms with Crippen molar-refractivity contribution in [2.24, 2.45) is 11.7 Å². The lowest BCUT2D eigenvalue weighted by Crippen LogP contribution is -2.46. The summed E-state index contributed by atoms with van der Waals surface area (Å²) in [5.74, 6) is -0.0904. The standard InChI is InChI=1S/C14H21N3O3/c1-9(2)13(15)14(19)16-8-12(18)17-10-6-4-5-7-11(10)20-3/h4-7,9,13H,8,15H2,1-3H3,(H,16,19)(H,17,18)/t13-/m0/s1. The molecule has 0 heterocycles. The Labute approximate surface area is 118 Å². The van der Waals surface area contributed by atoms with Gasteiger partial charge in [-0.2, -0.15) is 0 Å². The summed E-state index contributed by atoms with van der Waals surface area (Å²) in [4.78, 5) is 23.4. The topological polar surface area (TPSA) is 93.5 Å². The van der Waals surface area contributed by atoms with Crippen LogP contribution in [0.2, 0.25) is 0 Å². The molecule has 0 saturated heterocycles. The van der Waals surface area contributed by atoms with Crippen LogP contribution < -0.4 is 21.1 Å². The van der Waals surface area contributed by atoms with Gasteiger partial charge in [0.05, 0.1) is 25.4 Å². The van der Waals surface area contributed by atoms with E-state index in [-0.39, 0.29) is 24.3 Å². The van der Waals surface area contributed by atoms with E-state index in [1.54, 1.807) is 24.3 Å². The van der Waals surface area contributed by atoms with Gasteiger partial charge in [-0.05, 0) is 18.1 Å². The second kappa shape index (κ2) is 7.49. The van der Waals surface area contributed by atoms with E-state index in [1.165, 1.54) is 7.11 Å². The number of nitrogens with one attached hydrogen (secondary N) is 2. The molecular formula is C14H21N3O3. The summed E-state index contributed by atoms with van der Waals surface area (Å²) in [5.41, 5.74) is 6.24. The van der Waals surface area contributed by atoms with Crippen LogP contribution in [0.1, 0.15) is 13.8 Å². The molecule has 0 radical (unpaired) electrons. The van der Waals surface area contributed by atoms with Gasteiger partial charge >= 0.3 is 0 Å². The molecule has 4 N–H and O–H groups in total. The minimum Gasteiger partial charge on any atom is -0.495 e. The van der Waals surface area contributed by atoms with Crippen molar-refractivity contribution in [3.05, 3.63) is 24.3 Å². The molecule has 1 aromatic carbocycles. The maximum Gasteiger partial charge on any atom is 0.243 e. The normalized spacial score (nSPS) is 11.8. The minimum absolute atomic E-state index is 0.0206. The molecule has 0 aromatic heterocycles. The van der Waals surface area contributed by atoms with Crippen LogP contribution in [0.25, 0.3) is 0 Å². The number of ether oxygens (including phenoxy) is 1. The maximum atomic E-state index is 11.8. The largest absolute Gasteiger partial charge is 0.495 e. The number of anilines is 1. The van der Waals surface area contributed by atoms with Gasteiger partial charge < -0.3 is 21.1 Å². The first-order valence-corrected chi connectivity index (χ1v) is 6.42. The van der Waals surface area contributed by atoms with Crippen LogP contribution in [0.3, 0.4) is 0 Å². The van der Waals surface area contributed by atoms with Crippen LogP contribution in [0, 0.1) is 5.92 Å². The van der Waals surface area contributed by atoms with Crippen LogP contribution in [0.15, 0.2) is 24.3 Å². The fourth-order valence-electron chi connectivity index (χ4n) is 1.53. The molecule has 1 rings (SSSR count). The summed E-state index contributed by atoms with van der Waals surface area (Å²) >= 11 is 0. The van der Waals surface area contributed by atoms with Crippen molar-refractivity contribution in [2.45, 2.75) is 19.9 Å². The fourth-order valence-corrected chi connectivity index (χ4v) is 1.53. The zero-order chi connectivity index (χ0) is 15.1. The van der Waals surface area contributed by atoms with E-state index in [1.807, 2.05) is 13.8 Å². The van der Waals surface area contributed by atoms with Gasteiger partial charge in [-0.3, -0.25) is 9.59 Å². The number of para-hydroxylation sites is 2. The molecular weight excluding hydrogens is 258 g/mol. The molecule has 0 bridgehead atoms. The number of benzene rings is 1. The molecule has 20 heavy (non-hydrogen) atoms. The summed E-state index contributed by atoms with van der Waals surface area (Å²) in [6.07, 6.45) is 0. The number of amides is 2. The Morgan fingerprint density at radius 2 is 1.95 bits per heavy atom. The fraction of sp³-hybridized carbons (Fsp3) is 0.429. The minimum atomic E-state index is -0.617. The molecule has 0 spiro atoms. The van der Waals surface area contributed by atoms with E-state index >= 15 is 0 Å². The third-order valence-electron chi connectivity index (χ3n) is 2.83. The Morgan fingerprint density at radius 1 is 1.30 bits per heavy atom. The summed E-state index contributed by atoms with van der Waals surface area (Å²) in [7, 11) is 1.52. The van der Waals surface area contributed by atoms with Crippen molar-refractivity contribution in [1.82, 2.24) is 5.32 Å². The van der Waals surface area contributed by atoms with Crippen LogP contribution in [-0.4, -0.2) is 31.5 Å². The number of hydrogen-bond donors (Lipinski definition) is 3. The molecule has 0 unspecified atom stereocenters. The van der Waals surface area contributed by atoms with Gasteiger partial charge in [0.15, 0.2) is 0 Å². The highest BCUT2D eigenvalue weighted by Gasteiger charge is 2.17. The lowest BCUT2D eigenvalue weighted by atomic mass is 10.1. The van der Waals surface area contributed by atoms with Crippen LogP contribution in [-0.2, 0) is 9.59 Å². The molecule has 6 nitrogen and oxygen atoms in total. The SMILES string of the molecule is COc1ccccc1NC(=O)CNC(=O)[C@@H](N)C(C)C. The molecule has 1 atom stereocenters. The van der Waals surface area contributed by atoms with Crippen molar-refractivity contribution >= 4 is 17.5 Å². The zero-order valence-electron chi connectivity index (χ0n) is 12.0. The number of rotatable bonds is 6. The van der Waals surface area contributed by atoms with Crippen LogP contribution >= 0.6 is 0 Å². The summed E-state index contributed by atoms with van der Waals surface area (Å²) in [5, 5.41) is 5.17. The Morgan fingerprint density at radius 3 is 2.55 bits per heavy atom. The number of carbonyl (C=O) groups is 2. The molecule has 0 aliphatic heterocycles. The van der Waals surface area contributed by atoms with E-state index < -0.39 is 6.04 Å². The predicted octanol–water partition coefficient (Wildman–Crippen LogP) is 0.733. The Balaban J connectivity index is 2.50. The highest BCUT2D eigenvalue weighted by atomic mass is 16.5. The van der Waals surface area contributed by atoms with Gasteiger partial charge in [0.25, 0.3) is 0 Å². The second-order valence-electron chi connectivity index (χ2n) is 4.74. The monoisotopic (exact) mass is 279 g/mol. The Kier molecular flexibility index (Phi) is 5.99. The predicted molar refractivity (Wildman–Crippen MR) is 77.4 cm³/mol. The first-order valence-electron chi connectivity index (χ1n) is 6.42. The number of nitrogens with two attached hydrogens (primary N) is 1. The number of hydrogen-bond acceptors (Lipinski definition) is 4. The number of carbonyl (C=O) groups excluding carboxylic acids is 2. The molecule has 0 fully saturated rings. The molecule has 0 aliphatic rings. The molecule has 6 heteroatoms. The van der Waals surface area contributed by atoms with E-state index in [2.05, 4.69) is 10.6 Å². The van der Waals surface area contributed by atoms with E-state index in [9.17, 15) is 9.59 Å². The van der Waals surface area contributed by atoms with E-state index in [0.29, 0.717) is 11.4 Å². The van der Waals surface area contributed by atoms with Gasteiger partial charge in [0.1, 0.15) is 5.75 Å². The highest BCUT2D eigenvalue weighted by molar-refractivity contribution is 5.96. The molecule has 1 aromatic rings. The number of methoxy groups -OCH3 is 1. The summed E-state index contributed by atoms with van der Waals surface area (Å²) < 4.78 is 5.12. The van der Waals surface area contributed by atoms with E-state index in [4.69, 9.17) is 10.5 Å². The quantitative estimate of drug-likeness (QED) is 0.715. The molecule has 0 aliphatic carbocycles. The molecule has 110 valence electrons. The lowest BCUT2D eigenvalue weighted by Gasteiger charge is -2.15. The third kappa shape index (κ3) is 4.55. The van der Waals surface area contributed by atoms with Crippen molar-refractivity contribution < 1.29 is 14.3 Å². The van der Waals surface area contributed by atoms with Crippen molar-refractivity contribution in [1.29, 1.82) is 0 Å². The highest BCUT2D eigenvalue weighted by Crippen LogP contribution is 2.22. The van der Waals surface area contributed by atoms with Gasteiger partial charge in [-0.25, -0.2) is 0 Å². The summed E-state index contributed by atoms with van der Waals surface area (Å²) in [6, 6.07) is 6.43. The Hall–Kier alpha value is -2.08. The first-order chi connectivity index (χ1) is 9.45. The summed E-state index contributed by atoms with van der Waals surface area (Å²) in [6.45, 7) is 3.57. The average Bonchev–Trinajstić information content (AvgIpc) is 2.44. The van der Waals surface area contributed by atoms with Gasteiger partial charge in [-0.1, -0.05) is 26.0 Å². The van der Waals surface area contributed by atoms with Gasteiger partial charge in [-0.15, -0.1) is 0 Å². The zero-order valence-corrected chi connectivity index (χ0v) is 12.0. The average molecular weight is 279 g/mol. The van der Waals surface area contributed by atoms with Crippen molar-refractivity contribution in [2.75, 3.05) is 19.0 Å².